The number of methoxy groups -OCH3 is 4. The lowest BCUT2D eigenvalue weighted by atomic mass is 9.77. The van der Waals surface area contributed by atoms with Gasteiger partial charge in [0.25, 0.3) is 0 Å². The first kappa shape index (κ1) is 24.4. The van der Waals surface area contributed by atoms with Gasteiger partial charge in [0.05, 0.1) is 28.4 Å². The van der Waals surface area contributed by atoms with Gasteiger partial charge in [-0.1, -0.05) is 0 Å². The first-order valence-electron chi connectivity index (χ1n) is 12.2. The van der Waals surface area contributed by atoms with Crippen LogP contribution in [-0.2, 0) is 24.1 Å². The van der Waals surface area contributed by atoms with E-state index in [-0.39, 0.29) is 5.92 Å². The molecule has 2 aromatic rings. The fourth-order valence-corrected chi connectivity index (χ4v) is 5.46. The molecule has 0 amide bonds. The zero-order chi connectivity index (χ0) is 24.2. The van der Waals surface area contributed by atoms with Gasteiger partial charge in [-0.25, -0.2) is 0 Å². The van der Waals surface area contributed by atoms with Crippen molar-refractivity contribution in [3.05, 3.63) is 46.5 Å². The number of carbonyl (C=O) groups is 1. The van der Waals surface area contributed by atoms with E-state index in [1.165, 1.54) is 16.7 Å². The second-order valence-electron chi connectivity index (χ2n) is 9.57. The number of nitrogens with zero attached hydrogens (tertiary/aromatic N) is 1. The summed E-state index contributed by atoms with van der Waals surface area (Å²) in [4.78, 5) is 15.4. The Hall–Kier alpha value is -2.73. The second-order valence-corrected chi connectivity index (χ2v) is 9.57. The van der Waals surface area contributed by atoms with Crippen LogP contribution in [0.3, 0.4) is 0 Å². The molecule has 184 valence electrons. The molecule has 0 saturated heterocycles. The van der Waals surface area contributed by atoms with Crippen LogP contribution in [0.1, 0.15) is 47.4 Å². The summed E-state index contributed by atoms with van der Waals surface area (Å²) in [6.07, 6.45) is 5.35. The van der Waals surface area contributed by atoms with Crippen molar-refractivity contribution in [1.29, 1.82) is 0 Å². The molecule has 34 heavy (non-hydrogen) atoms. The Kier molecular flexibility index (Phi) is 7.67. The lowest BCUT2D eigenvalue weighted by Gasteiger charge is -2.34. The molecule has 0 saturated carbocycles. The molecular formula is C28H37NO5. The zero-order valence-corrected chi connectivity index (χ0v) is 21.1. The van der Waals surface area contributed by atoms with E-state index < -0.39 is 0 Å². The molecule has 0 aliphatic heterocycles. The molecule has 0 aromatic heterocycles. The molecule has 2 aliphatic carbocycles. The number of hydrogen-bond acceptors (Lipinski definition) is 6. The van der Waals surface area contributed by atoms with E-state index in [1.54, 1.807) is 28.4 Å². The number of rotatable bonds is 10. The maximum absolute atomic E-state index is 13.0. The monoisotopic (exact) mass is 467 g/mol. The van der Waals surface area contributed by atoms with Crippen molar-refractivity contribution in [3.63, 3.8) is 0 Å². The van der Waals surface area contributed by atoms with E-state index in [1.807, 2.05) is 12.1 Å². The van der Waals surface area contributed by atoms with Crippen molar-refractivity contribution >= 4 is 5.78 Å². The van der Waals surface area contributed by atoms with Gasteiger partial charge in [0.1, 0.15) is 5.78 Å². The Labute approximate surface area is 203 Å². The lowest BCUT2D eigenvalue weighted by molar-refractivity contribution is -0.122. The average Bonchev–Trinajstić information content (AvgIpc) is 2.98. The molecule has 2 aliphatic rings. The van der Waals surface area contributed by atoms with Gasteiger partial charge >= 0.3 is 0 Å². The third-order valence-electron chi connectivity index (χ3n) is 7.46. The SMILES string of the molecule is COc1cc2c(cc1OC)CC(=O)C(CCCN(C)CC1Cc3cc(OC)c(OC)cc31)CC2. The predicted molar refractivity (Wildman–Crippen MR) is 133 cm³/mol. The molecule has 0 N–H and O–H groups in total. The number of ketones is 1. The Morgan fingerprint density at radius 2 is 1.41 bits per heavy atom. The van der Waals surface area contributed by atoms with Crippen LogP contribution < -0.4 is 18.9 Å². The van der Waals surface area contributed by atoms with E-state index in [4.69, 9.17) is 18.9 Å². The molecule has 0 heterocycles. The molecule has 0 spiro atoms. The number of aryl methyl sites for hydroxylation is 1. The van der Waals surface area contributed by atoms with Crippen molar-refractivity contribution in [1.82, 2.24) is 4.90 Å². The first-order chi connectivity index (χ1) is 16.5. The van der Waals surface area contributed by atoms with Gasteiger partial charge in [0.15, 0.2) is 23.0 Å². The average molecular weight is 468 g/mol. The number of ether oxygens (including phenoxy) is 4. The van der Waals surface area contributed by atoms with Crippen LogP contribution in [0.25, 0.3) is 0 Å². The largest absolute Gasteiger partial charge is 0.493 e. The summed E-state index contributed by atoms with van der Waals surface area (Å²) in [5.41, 5.74) is 5.01. The summed E-state index contributed by atoms with van der Waals surface area (Å²) in [6, 6.07) is 8.25. The number of carbonyl (C=O) groups excluding carboxylic acids is 1. The summed E-state index contributed by atoms with van der Waals surface area (Å²) in [5, 5.41) is 0. The van der Waals surface area contributed by atoms with Crippen LogP contribution in [0.15, 0.2) is 24.3 Å². The summed E-state index contributed by atoms with van der Waals surface area (Å²) in [6.45, 7) is 2.02. The summed E-state index contributed by atoms with van der Waals surface area (Å²) in [5.74, 6) is 4.04. The molecule has 2 atom stereocenters. The molecule has 0 fully saturated rings. The van der Waals surface area contributed by atoms with Gasteiger partial charge in [0, 0.05) is 24.8 Å². The number of hydrogen-bond donors (Lipinski definition) is 0. The van der Waals surface area contributed by atoms with Crippen molar-refractivity contribution in [3.8, 4) is 23.0 Å². The smallest absolute Gasteiger partial charge is 0.161 e. The maximum atomic E-state index is 13.0. The third kappa shape index (κ3) is 5.02. The fourth-order valence-electron chi connectivity index (χ4n) is 5.46. The number of likely N-dealkylation sites (N-methyl/N-ethyl adjacent to an activating group) is 1. The zero-order valence-electron chi connectivity index (χ0n) is 21.1. The van der Waals surface area contributed by atoms with Crippen molar-refractivity contribution in [2.24, 2.45) is 5.92 Å². The van der Waals surface area contributed by atoms with Crippen LogP contribution in [0.4, 0.5) is 0 Å². The minimum Gasteiger partial charge on any atom is -0.493 e. The van der Waals surface area contributed by atoms with Crippen LogP contribution in [0.2, 0.25) is 0 Å². The summed E-state index contributed by atoms with van der Waals surface area (Å²) >= 11 is 0. The number of benzene rings is 2. The minimum atomic E-state index is 0.124. The molecular weight excluding hydrogens is 430 g/mol. The standard InChI is InChI=1S/C28H37NO5/c1-29(17-22-11-21-15-27(33-4)28(34-5)16-23(21)22)10-6-7-18-8-9-19-13-25(31-2)26(32-3)14-20(19)12-24(18)30/h13-16,18,22H,6-12,17H2,1-5H3. The Bertz CT molecular complexity index is 1030. The number of Topliss-reactive ketones (excluding diaryl/α,β-unsaturated/α-hetero) is 1. The van der Waals surface area contributed by atoms with Crippen LogP contribution >= 0.6 is 0 Å². The highest BCUT2D eigenvalue weighted by Crippen LogP contribution is 2.42. The maximum Gasteiger partial charge on any atom is 0.161 e. The normalized spacial score (nSPS) is 19.1. The van der Waals surface area contributed by atoms with Crippen LogP contribution in [-0.4, -0.2) is 59.3 Å². The van der Waals surface area contributed by atoms with Crippen LogP contribution in [0.5, 0.6) is 23.0 Å². The molecule has 4 rings (SSSR count). The molecule has 0 bridgehead atoms. The van der Waals surface area contributed by atoms with Gasteiger partial charge in [-0.3, -0.25) is 4.79 Å². The summed E-state index contributed by atoms with van der Waals surface area (Å²) < 4.78 is 21.8. The van der Waals surface area contributed by atoms with Gasteiger partial charge in [0.2, 0.25) is 0 Å². The Morgan fingerprint density at radius 3 is 2.06 bits per heavy atom. The second kappa shape index (κ2) is 10.7. The Balaban J connectivity index is 1.28. The van der Waals surface area contributed by atoms with Crippen molar-refractivity contribution in [2.45, 2.75) is 44.4 Å². The fraction of sp³-hybridized carbons (Fsp3) is 0.536. The number of fused-ring (bicyclic) bond motifs is 2. The van der Waals surface area contributed by atoms with E-state index >= 15 is 0 Å². The van der Waals surface area contributed by atoms with E-state index in [0.29, 0.717) is 23.9 Å². The Morgan fingerprint density at radius 1 is 0.824 bits per heavy atom. The van der Waals surface area contributed by atoms with E-state index in [9.17, 15) is 4.79 Å². The third-order valence-corrected chi connectivity index (χ3v) is 7.46. The molecule has 6 nitrogen and oxygen atoms in total. The highest BCUT2D eigenvalue weighted by atomic mass is 16.5. The molecule has 2 unspecified atom stereocenters. The van der Waals surface area contributed by atoms with Gasteiger partial charge in [-0.2, -0.15) is 0 Å². The van der Waals surface area contributed by atoms with Crippen LogP contribution in [0, 0.1) is 5.92 Å². The molecule has 6 heteroatoms. The van der Waals surface area contributed by atoms with E-state index in [2.05, 4.69) is 24.1 Å². The molecule has 0 radical (unpaired) electrons. The van der Waals surface area contributed by atoms with Gasteiger partial charge < -0.3 is 23.8 Å². The van der Waals surface area contributed by atoms with Crippen molar-refractivity contribution in [2.75, 3.05) is 48.6 Å². The quantitative estimate of drug-likeness (QED) is 0.482. The van der Waals surface area contributed by atoms with Gasteiger partial charge in [-0.05, 0) is 92.2 Å². The first-order valence-corrected chi connectivity index (χ1v) is 12.2. The minimum absolute atomic E-state index is 0.124. The summed E-state index contributed by atoms with van der Waals surface area (Å²) in [7, 11) is 8.84. The van der Waals surface area contributed by atoms with Gasteiger partial charge in [-0.15, -0.1) is 0 Å². The predicted octanol–water partition coefficient (Wildman–Crippen LogP) is 4.45. The topological polar surface area (TPSA) is 57.2 Å². The van der Waals surface area contributed by atoms with Crippen molar-refractivity contribution < 1.29 is 23.7 Å². The molecule has 2 aromatic carbocycles. The lowest BCUT2D eigenvalue weighted by Crippen LogP contribution is -2.32. The highest BCUT2D eigenvalue weighted by Gasteiger charge is 2.30. The highest BCUT2D eigenvalue weighted by molar-refractivity contribution is 5.84. The van der Waals surface area contributed by atoms with E-state index in [0.717, 1.165) is 68.0 Å².